The first kappa shape index (κ1) is 22.0. The SMILES string of the molecule is CCCC1=C(C(=O)OC)C(c2cc([N+](=O)[O-])c(OCC)cc2OCC)NC(=O)N1. The monoisotopic (exact) mass is 407 g/mol. The van der Waals surface area contributed by atoms with Crippen molar-refractivity contribution in [3.8, 4) is 11.5 Å². The first-order valence-electron chi connectivity index (χ1n) is 9.34. The highest BCUT2D eigenvalue weighted by Gasteiger charge is 2.36. The van der Waals surface area contributed by atoms with Crippen molar-refractivity contribution < 1.29 is 28.7 Å². The van der Waals surface area contributed by atoms with E-state index >= 15 is 0 Å². The van der Waals surface area contributed by atoms with Crippen LogP contribution in [0.15, 0.2) is 23.4 Å². The minimum absolute atomic E-state index is 0.0438. The zero-order valence-corrected chi connectivity index (χ0v) is 16.9. The van der Waals surface area contributed by atoms with E-state index < -0.39 is 23.0 Å². The molecule has 1 aliphatic heterocycles. The summed E-state index contributed by atoms with van der Waals surface area (Å²) in [6, 6.07) is 1.17. The van der Waals surface area contributed by atoms with Crippen LogP contribution in [0.3, 0.4) is 0 Å². The van der Waals surface area contributed by atoms with E-state index in [0.29, 0.717) is 18.5 Å². The Balaban J connectivity index is 2.74. The van der Waals surface area contributed by atoms with Gasteiger partial charge in [-0.25, -0.2) is 9.59 Å². The molecule has 2 N–H and O–H groups in total. The number of carbonyl (C=O) groups is 2. The molecule has 1 aromatic carbocycles. The summed E-state index contributed by atoms with van der Waals surface area (Å²) in [7, 11) is 1.23. The normalized spacial score (nSPS) is 16.0. The van der Waals surface area contributed by atoms with Crippen LogP contribution in [0.2, 0.25) is 0 Å². The van der Waals surface area contributed by atoms with Crippen molar-refractivity contribution in [1.82, 2.24) is 10.6 Å². The molecule has 0 bridgehead atoms. The third kappa shape index (κ3) is 4.76. The Morgan fingerprint density at radius 1 is 1.17 bits per heavy atom. The van der Waals surface area contributed by atoms with Crippen molar-refractivity contribution in [3.05, 3.63) is 39.1 Å². The van der Waals surface area contributed by atoms with Gasteiger partial charge < -0.3 is 24.8 Å². The highest BCUT2D eigenvalue weighted by molar-refractivity contribution is 5.95. The van der Waals surface area contributed by atoms with E-state index in [9.17, 15) is 19.7 Å². The Morgan fingerprint density at radius 3 is 2.38 bits per heavy atom. The lowest BCUT2D eigenvalue weighted by atomic mass is 9.92. The molecule has 0 fully saturated rings. The number of allylic oxidation sites excluding steroid dienone is 1. The van der Waals surface area contributed by atoms with E-state index in [1.165, 1.54) is 19.2 Å². The molecule has 2 amide bonds. The summed E-state index contributed by atoms with van der Waals surface area (Å²) in [6.07, 6.45) is 1.10. The molecule has 158 valence electrons. The minimum atomic E-state index is -0.978. The summed E-state index contributed by atoms with van der Waals surface area (Å²) in [5.74, 6) is -0.335. The number of hydrogen-bond acceptors (Lipinski definition) is 7. The maximum Gasteiger partial charge on any atom is 0.337 e. The van der Waals surface area contributed by atoms with Gasteiger partial charge in [-0.3, -0.25) is 10.1 Å². The van der Waals surface area contributed by atoms with Gasteiger partial charge in [0.1, 0.15) is 5.75 Å². The quantitative estimate of drug-likeness (QED) is 0.366. The zero-order chi connectivity index (χ0) is 21.6. The van der Waals surface area contributed by atoms with Crippen LogP contribution in [0.4, 0.5) is 10.5 Å². The number of nitrogens with zero attached hydrogens (tertiary/aromatic N) is 1. The lowest BCUT2D eigenvalue weighted by Crippen LogP contribution is -2.46. The number of methoxy groups -OCH3 is 1. The minimum Gasteiger partial charge on any atom is -0.493 e. The van der Waals surface area contributed by atoms with Crippen LogP contribution in [0, 0.1) is 10.1 Å². The van der Waals surface area contributed by atoms with Crippen LogP contribution < -0.4 is 20.1 Å². The molecule has 29 heavy (non-hydrogen) atoms. The molecule has 2 rings (SSSR count). The lowest BCUT2D eigenvalue weighted by Gasteiger charge is -2.30. The second-order valence-electron chi connectivity index (χ2n) is 6.15. The number of benzene rings is 1. The van der Waals surface area contributed by atoms with Gasteiger partial charge in [-0.2, -0.15) is 0 Å². The summed E-state index contributed by atoms with van der Waals surface area (Å²) < 4.78 is 15.9. The molecular weight excluding hydrogens is 382 g/mol. The van der Waals surface area contributed by atoms with Gasteiger partial charge in [-0.05, 0) is 20.3 Å². The maximum atomic E-state index is 12.5. The first-order chi connectivity index (χ1) is 13.9. The fraction of sp³-hybridized carbons (Fsp3) is 0.474. The van der Waals surface area contributed by atoms with Crippen LogP contribution in [0.5, 0.6) is 11.5 Å². The number of carbonyl (C=O) groups excluding carboxylic acids is 2. The molecule has 10 nitrogen and oxygen atoms in total. The van der Waals surface area contributed by atoms with E-state index in [4.69, 9.17) is 14.2 Å². The number of ether oxygens (including phenoxy) is 3. The Morgan fingerprint density at radius 2 is 1.83 bits per heavy atom. The third-order valence-corrected chi connectivity index (χ3v) is 4.26. The largest absolute Gasteiger partial charge is 0.493 e. The van der Waals surface area contributed by atoms with Crippen molar-refractivity contribution >= 4 is 17.7 Å². The van der Waals surface area contributed by atoms with Gasteiger partial charge in [0.15, 0.2) is 0 Å². The van der Waals surface area contributed by atoms with Gasteiger partial charge in [0.25, 0.3) is 0 Å². The number of esters is 1. The number of urea groups is 1. The van der Waals surface area contributed by atoms with Gasteiger partial charge >= 0.3 is 17.7 Å². The molecule has 0 saturated carbocycles. The van der Waals surface area contributed by atoms with Gasteiger partial charge in [-0.15, -0.1) is 0 Å². The van der Waals surface area contributed by atoms with Crippen LogP contribution in [-0.2, 0) is 9.53 Å². The second-order valence-corrected chi connectivity index (χ2v) is 6.15. The predicted molar refractivity (Wildman–Crippen MR) is 104 cm³/mol. The number of nitrogens with one attached hydrogen (secondary N) is 2. The van der Waals surface area contributed by atoms with E-state index in [0.717, 1.165) is 0 Å². The fourth-order valence-electron chi connectivity index (χ4n) is 3.14. The molecule has 0 radical (unpaired) electrons. The lowest BCUT2D eigenvalue weighted by molar-refractivity contribution is -0.385. The second kappa shape index (κ2) is 9.76. The van der Waals surface area contributed by atoms with Crippen LogP contribution in [-0.4, -0.2) is 37.2 Å². The summed E-state index contributed by atoms with van der Waals surface area (Å²) in [4.78, 5) is 35.8. The van der Waals surface area contributed by atoms with E-state index in [-0.39, 0.29) is 41.5 Å². The molecule has 1 aromatic rings. The van der Waals surface area contributed by atoms with E-state index in [1.54, 1.807) is 13.8 Å². The molecule has 0 aromatic heterocycles. The summed E-state index contributed by atoms with van der Waals surface area (Å²) in [5, 5.41) is 16.9. The molecule has 1 unspecified atom stereocenters. The van der Waals surface area contributed by atoms with Crippen molar-refractivity contribution in [2.75, 3.05) is 20.3 Å². The highest BCUT2D eigenvalue weighted by atomic mass is 16.6. The molecule has 10 heteroatoms. The molecule has 1 atom stereocenters. The van der Waals surface area contributed by atoms with E-state index in [1.807, 2.05) is 6.92 Å². The Hall–Kier alpha value is -3.30. The standard InChI is InChI=1S/C19H25N3O7/c1-5-8-12-16(18(23)27-4)17(21-19(24)20-12)11-9-13(22(25)26)15(29-7-3)10-14(11)28-6-2/h9-10,17H,5-8H2,1-4H3,(H2,20,21,24). The Kier molecular flexibility index (Phi) is 7.40. The van der Waals surface area contributed by atoms with Crippen molar-refractivity contribution in [1.29, 1.82) is 0 Å². The number of rotatable bonds is 9. The smallest absolute Gasteiger partial charge is 0.337 e. The fourth-order valence-corrected chi connectivity index (χ4v) is 3.14. The van der Waals surface area contributed by atoms with Crippen LogP contribution in [0.1, 0.15) is 45.2 Å². The number of hydrogen-bond donors (Lipinski definition) is 2. The highest BCUT2D eigenvalue weighted by Crippen LogP contribution is 2.41. The van der Waals surface area contributed by atoms with Gasteiger partial charge in [0.2, 0.25) is 5.75 Å². The van der Waals surface area contributed by atoms with Crippen molar-refractivity contribution in [3.63, 3.8) is 0 Å². The first-order valence-corrected chi connectivity index (χ1v) is 9.34. The molecule has 1 aliphatic rings. The van der Waals surface area contributed by atoms with Gasteiger partial charge in [-0.1, -0.05) is 13.3 Å². The topological polar surface area (TPSA) is 129 Å². The Labute approximate surface area is 168 Å². The summed E-state index contributed by atoms with van der Waals surface area (Å²) in [5.41, 5.74) is 0.561. The van der Waals surface area contributed by atoms with Gasteiger partial charge in [0, 0.05) is 23.4 Å². The zero-order valence-electron chi connectivity index (χ0n) is 16.9. The molecule has 0 spiro atoms. The molecule has 0 aliphatic carbocycles. The molecule has 1 heterocycles. The average molecular weight is 407 g/mol. The summed E-state index contributed by atoms with van der Waals surface area (Å²) in [6.45, 7) is 5.86. The number of nitro benzene ring substituents is 1. The van der Waals surface area contributed by atoms with Crippen LogP contribution in [0.25, 0.3) is 0 Å². The molecule has 0 saturated heterocycles. The predicted octanol–water partition coefficient (Wildman–Crippen LogP) is 2.97. The maximum absolute atomic E-state index is 12.5. The average Bonchev–Trinajstić information content (AvgIpc) is 2.67. The molecular formula is C19H25N3O7. The van der Waals surface area contributed by atoms with Crippen molar-refractivity contribution in [2.24, 2.45) is 0 Å². The van der Waals surface area contributed by atoms with Crippen molar-refractivity contribution in [2.45, 2.75) is 39.7 Å². The third-order valence-electron chi connectivity index (χ3n) is 4.26. The van der Waals surface area contributed by atoms with E-state index in [2.05, 4.69) is 10.6 Å². The Bertz CT molecular complexity index is 835. The summed E-state index contributed by atoms with van der Waals surface area (Å²) >= 11 is 0. The number of nitro groups is 1. The van der Waals surface area contributed by atoms with Crippen LogP contribution >= 0.6 is 0 Å². The number of amides is 2. The van der Waals surface area contributed by atoms with Gasteiger partial charge in [0.05, 0.1) is 36.9 Å².